The van der Waals surface area contributed by atoms with Crippen LogP contribution in [0.1, 0.15) is 31.4 Å². The average Bonchev–Trinajstić information content (AvgIpc) is 2.79. The molecule has 1 heterocycles. The van der Waals surface area contributed by atoms with Crippen LogP contribution in [0.2, 0.25) is 0 Å². The van der Waals surface area contributed by atoms with E-state index in [1.54, 1.807) is 0 Å². The minimum absolute atomic E-state index is 0.169. The van der Waals surface area contributed by atoms with Crippen molar-refractivity contribution >= 4 is 22.0 Å². The van der Waals surface area contributed by atoms with Gasteiger partial charge >= 0.3 is 6.09 Å². The maximum absolute atomic E-state index is 11.8. The van der Waals surface area contributed by atoms with Crippen LogP contribution in [-0.2, 0) is 4.74 Å². The molecule has 1 fully saturated rings. The normalized spacial score (nSPS) is 19.4. The molecule has 1 aliphatic rings. The van der Waals surface area contributed by atoms with Crippen LogP contribution in [0.3, 0.4) is 0 Å². The largest absolute Gasteiger partial charge is 0.450 e. The van der Waals surface area contributed by atoms with E-state index in [1.165, 1.54) is 5.56 Å². The molecule has 0 aromatic heterocycles. The van der Waals surface area contributed by atoms with Crippen molar-refractivity contribution < 1.29 is 9.53 Å². The fraction of sp³-hybridized carbons (Fsp3) is 0.462. The Morgan fingerprint density at radius 2 is 2.18 bits per heavy atom. The second kappa shape index (κ2) is 5.54. The molecule has 0 saturated carbocycles. The number of likely N-dealkylation sites (tertiary alicyclic amines) is 1. The molecule has 2 rings (SSSR count). The lowest BCUT2D eigenvalue weighted by atomic mass is 10.1. The lowest BCUT2D eigenvalue weighted by Crippen LogP contribution is -2.31. The molecule has 1 aliphatic heterocycles. The van der Waals surface area contributed by atoms with Crippen LogP contribution in [0.15, 0.2) is 28.7 Å². The van der Waals surface area contributed by atoms with E-state index in [-0.39, 0.29) is 12.1 Å². The molecule has 92 valence electrons. The first-order valence-corrected chi connectivity index (χ1v) is 6.70. The van der Waals surface area contributed by atoms with Crippen molar-refractivity contribution in [3.8, 4) is 0 Å². The Morgan fingerprint density at radius 1 is 1.47 bits per heavy atom. The van der Waals surface area contributed by atoms with Gasteiger partial charge in [0.15, 0.2) is 0 Å². The minimum Gasteiger partial charge on any atom is -0.450 e. The van der Waals surface area contributed by atoms with Gasteiger partial charge in [-0.3, -0.25) is 0 Å². The van der Waals surface area contributed by atoms with E-state index in [9.17, 15) is 4.79 Å². The van der Waals surface area contributed by atoms with Crippen LogP contribution in [-0.4, -0.2) is 24.1 Å². The zero-order valence-electron chi connectivity index (χ0n) is 9.86. The molecule has 4 heteroatoms. The molecule has 1 unspecified atom stereocenters. The summed E-state index contributed by atoms with van der Waals surface area (Å²) in [4.78, 5) is 13.6. The fourth-order valence-electron chi connectivity index (χ4n) is 2.22. The Labute approximate surface area is 110 Å². The van der Waals surface area contributed by atoms with E-state index in [4.69, 9.17) is 4.74 Å². The third kappa shape index (κ3) is 2.80. The molecule has 1 saturated heterocycles. The summed E-state index contributed by atoms with van der Waals surface area (Å²) in [5, 5.41) is 0. The van der Waals surface area contributed by atoms with Crippen LogP contribution < -0.4 is 0 Å². The maximum atomic E-state index is 11.8. The first-order chi connectivity index (χ1) is 8.22. The number of hydrogen-bond donors (Lipinski definition) is 0. The predicted octanol–water partition coefficient (Wildman–Crippen LogP) is 3.74. The van der Waals surface area contributed by atoms with E-state index in [2.05, 4.69) is 28.1 Å². The third-order valence-electron chi connectivity index (χ3n) is 3.01. The topological polar surface area (TPSA) is 29.5 Å². The number of rotatable bonds is 2. The monoisotopic (exact) mass is 297 g/mol. The van der Waals surface area contributed by atoms with Gasteiger partial charge in [-0.05, 0) is 37.5 Å². The Hall–Kier alpha value is -1.03. The highest BCUT2D eigenvalue weighted by Crippen LogP contribution is 2.32. The Morgan fingerprint density at radius 3 is 2.82 bits per heavy atom. The summed E-state index contributed by atoms with van der Waals surface area (Å²) in [5.41, 5.74) is 1.18. The number of amides is 1. The zero-order valence-corrected chi connectivity index (χ0v) is 11.4. The quantitative estimate of drug-likeness (QED) is 0.832. The van der Waals surface area contributed by atoms with Gasteiger partial charge < -0.3 is 9.64 Å². The summed E-state index contributed by atoms with van der Waals surface area (Å²) in [5.74, 6) is 0. The first-order valence-electron chi connectivity index (χ1n) is 5.91. The second-order valence-electron chi connectivity index (χ2n) is 4.10. The highest BCUT2D eigenvalue weighted by Gasteiger charge is 2.30. The summed E-state index contributed by atoms with van der Waals surface area (Å²) in [6, 6.07) is 8.31. The van der Waals surface area contributed by atoms with E-state index >= 15 is 0 Å². The van der Waals surface area contributed by atoms with Gasteiger partial charge in [-0.1, -0.05) is 28.1 Å². The smallest absolute Gasteiger partial charge is 0.410 e. The van der Waals surface area contributed by atoms with E-state index in [1.807, 2.05) is 24.0 Å². The molecular weight excluding hydrogens is 282 g/mol. The molecule has 1 aromatic carbocycles. The van der Waals surface area contributed by atoms with Crippen LogP contribution in [0.5, 0.6) is 0 Å². The van der Waals surface area contributed by atoms with Crippen molar-refractivity contribution in [2.75, 3.05) is 13.2 Å². The Kier molecular flexibility index (Phi) is 4.05. The van der Waals surface area contributed by atoms with Gasteiger partial charge in [-0.25, -0.2) is 4.79 Å². The molecule has 0 radical (unpaired) electrons. The van der Waals surface area contributed by atoms with Gasteiger partial charge in [0, 0.05) is 11.0 Å². The number of nitrogens with zero attached hydrogens (tertiary/aromatic N) is 1. The Bertz CT molecular complexity index is 391. The van der Waals surface area contributed by atoms with Crippen molar-refractivity contribution in [3.05, 3.63) is 34.3 Å². The Balaban J connectivity index is 2.14. The van der Waals surface area contributed by atoms with E-state index in [0.717, 1.165) is 23.9 Å². The van der Waals surface area contributed by atoms with E-state index in [0.29, 0.717) is 6.61 Å². The molecule has 1 aromatic rings. The van der Waals surface area contributed by atoms with Gasteiger partial charge in [-0.2, -0.15) is 0 Å². The summed E-state index contributed by atoms with van der Waals surface area (Å²) in [6.45, 7) is 3.06. The summed E-state index contributed by atoms with van der Waals surface area (Å²) in [6.07, 6.45) is 1.86. The fourth-order valence-corrected chi connectivity index (χ4v) is 2.49. The summed E-state index contributed by atoms with van der Waals surface area (Å²) >= 11 is 3.42. The van der Waals surface area contributed by atoms with E-state index < -0.39 is 0 Å². The molecule has 17 heavy (non-hydrogen) atoms. The van der Waals surface area contributed by atoms with Gasteiger partial charge in [-0.15, -0.1) is 0 Å². The molecule has 1 atom stereocenters. The van der Waals surface area contributed by atoms with Crippen molar-refractivity contribution in [3.63, 3.8) is 0 Å². The zero-order chi connectivity index (χ0) is 12.3. The molecule has 0 spiro atoms. The highest BCUT2D eigenvalue weighted by atomic mass is 79.9. The van der Waals surface area contributed by atoms with Crippen LogP contribution in [0, 0.1) is 0 Å². The number of carbonyl (C=O) groups is 1. The number of benzene rings is 1. The van der Waals surface area contributed by atoms with Crippen molar-refractivity contribution in [1.82, 2.24) is 4.90 Å². The van der Waals surface area contributed by atoms with Crippen LogP contribution >= 0.6 is 15.9 Å². The number of hydrogen-bond acceptors (Lipinski definition) is 2. The SMILES string of the molecule is CCOC(=O)N1CCCC1c1ccc(Br)cc1. The van der Waals surface area contributed by atoms with Crippen molar-refractivity contribution in [2.45, 2.75) is 25.8 Å². The third-order valence-corrected chi connectivity index (χ3v) is 3.54. The molecule has 1 amide bonds. The first kappa shape index (κ1) is 12.4. The van der Waals surface area contributed by atoms with Crippen LogP contribution in [0.4, 0.5) is 4.79 Å². The van der Waals surface area contributed by atoms with Crippen molar-refractivity contribution in [2.24, 2.45) is 0 Å². The maximum Gasteiger partial charge on any atom is 0.410 e. The van der Waals surface area contributed by atoms with Gasteiger partial charge in [0.1, 0.15) is 0 Å². The minimum atomic E-state index is -0.196. The van der Waals surface area contributed by atoms with Gasteiger partial charge in [0.05, 0.1) is 12.6 Å². The summed E-state index contributed by atoms with van der Waals surface area (Å²) < 4.78 is 6.14. The highest BCUT2D eigenvalue weighted by molar-refractivity contribution is 9.10. The standard InChI is InChI=1S/C13H16BrNO2/c1-2-17-13(16)15-9-3-4-12(15)10-5-7-11(14)8-6-10/h5-8,12H,2-4,9H2,1H3. The second-order valence-corrected chi connectivity index (χ2v) is 5.02. The van der Waals surface area contributed by atoms with Gasteiger partial charge in [0.2, 0.25) is 0 Å². The molecule has 0 bridgehead atoms. The number of ether oxygens (including phenoxy) is 1. The molecule has 0 N–H and O–H groups in total. The lowest BCUT2D eigenvalue weighted by Gasteiger charge is -2.24. The molecular formula is C13H16BrNO2. The molecule has 0 aliphatic carbocycles. The number of halogens is 1. The average molecular weight is 298 g/mol. The van der Waals surface area contributed by atoms with Gasteiger partial charge in [0.25, 0.3) is 0 Å². The number of carbonyl (C=O) groups excluding carboxylic acids is 1. The lowest BCUT2D eigenvalue weighted by molar-refractivity contribution is 0.103. The van der Waals surface area contributed by atoms with Crippen molar-refractivity contribution in [1.29, 1.82) is 0 Å². The van der Waals surface area contributed by atoms with Crippen LogP contribution in [0.25, 0.3) is 0 Å². The molecule has 3 nitrogen and oxygen atoms in total. The summed E-state index contributed by atoms with van der Waals surface area (Å²) in [7, 11) is 0. The predicted molar refractivity (Wildman–Crippen MR) is 69.8 cm³/mol.